The van der Waals surface area contributed by atoms with Crippen molar-refractivity contribution in [1.29, 1.82) is 0 Å². The van der Waals surface area contributed by atoms with Crippen LogP contribution in [-0.4, -0.2) is 35.9 Å². The second-order valence-corrected chi connectivity index (χ2v) is 9.58. The van der Waals surface area contributed by atoms with E-state index in [4.69, 9.17) is 4.74 Å². The van der Waals surface area contributed by atoms with Gasteiger partial charge in [0.2, 0.25) is 11.8 Å². The minimum Gasteiger partial charge on any atom is -0.497 e. The molecule has 188 valence electrons. The predicted molar refractivity (Wildman–Crippen MR) is 143 cm³/mol. The van der Waals surface area contributed by atoms with Crippen molar-refractivity contribution in [1.82, 2.24) is 10.2 Å². The lowest BCUT2D eigenvalue weighted by Crippen LogP contribution is -2.53. The number of benzene rings is 3. The molecule has 1 N–H and O–H groups in total. The third kappa shape index (κ3) is 7.20. The second kappa shape index (κ2) is 12.9. The molecule has 0 saturated heterocycles. The molecule has 3 aromatic carbocycles. The summed E-state index contributed by atoms with van der Waals surface area (Å²) >= 11 is 0. The molecule has 5 heteroatoms. The van der Waals surface area contributed by atoms with Crippen LogP contribution in [0.25, 0.3) is 0 Å². The van der Waals surface area contributed by atoms with E-state index in [0.29, 0.717) is 13.0 Å². The smallest absolute Gasteiger partial charge is 0.243 e. The van der Waals surface area contributed by atoms with Gasteiger partial charge in [-0.25, -0.2) is 0 Å². The molecule has 36 heavy (non-hydrogen) atoms. The maximum atomic E-state index is 13.8. The molecule has 1 fully saturated rings. The van der Waals surface area contributed by atoms with E-state index in [1.165, 1.54) is 6.42 Å². The van der Waals surface area contributed by atoms with Crippen LogP contribution < -0.4 is 10.1 Å². The Bertz CT molecular complexity index is 1090. The summed E-state index contributed by atoms with van der Waals surface area (Å²) in [6, 6.07) is 27.0. The Morgan fingerprint density at radius 1 is 0.833 bits per heavy atom. The molecule has 5 nitrogen and oxygen atoms in total. The zero-order chi connectivity index (χ0) is 25.2. The molecule has 0 heterocycles. The summed E-state index contributed by atoms with van der Waals surface area (Å²) in [5, 5.41) is 3.29. The van der Waals surface area contributed by atoms with Gasteiger partial charge >= 0.3 is 0 Å². The summed E-state index contributed by atoms with van der Waals surface area (Å²) in [5.41, 5.74) is 2.94. The summed E-state index contributed by atoms with van der Waals surface area (Å²) in [6.45, 7) is 0.380. The number of nitrogens with zero attached hydrogens (tertiary/aromatic N) is 1. The van der Waals surface area contributed by atoms with Gasteiger partial charge in [-0.3, -0.25) is 9.59 Å². The Balaban J connectivity index is 1.62. The highest BCUT2D eigenvalue weighted by Gasteiger charge is 2.31. The normalized spacial score (nSPS) is 14.6. The molecule has 3 aromatic rings. The van der Waals surface area contributed by atoms with Crippen LogP contribution in [0.1, 0.15) is 48.8 Å². The van der Waals surface area contributed by atoms with Gasteiger partial charge in [0.25, 0.3) is 0 Å². The van der Waals surface area contributed by atoms with E-state index in [9.17, 15) is 9.59 Å². The average molecular weight is 485 g/mol. The first-order valence-electron chi connectivity index (χ1n) is 12.9. The number of amides is 2. The number of hydrogen-bond acceptors (Lipinski definition) is 3. The quantitative estimate of drug-likeness (QED) is 0.423. The Kier molecular flexibility index (Phi) is 9.15. The van der Waals surface area contributed by atoms with Crippen LogP contribution in [0.3, 0.4) is 0 Å². The summed E-state index contributed by atoms with van der Waals surface area (Å²) in [6.07, 6.45) is 6.20. The third-order valence-electron chi connectivity index (χ3n) is 6.93. The molecule has 1 saturated carbocycles. The Morgan fingerprint density at radius 3 is 2.06 bits per heavy atom. The van der Waals surface area contributed by atoms with E-state index in [1.54, 1.807) is 12.0 Å². The maximum Gasteiger partial charge on any atom is 0.243 e. The fraction of sp³-hybridized carbons (Fsp3) is 0.355. The van der Waals surface area contributed by atoms with E-state index in [0.717, 1.165) is 48.1 Å². The SMILES string of the molecule is COc1ccc(CC(=O)N(Cc2ccccc2)[C@H](Cc2ccccc2)C(=O)NC2CCCCC2)cc1. The molecule has 0 aliphatic heterocycles. The summed E-state index contributed by atoms with van der Waals surface area (Å²) in [5.74, 6) is 0.620. The number of ether oxygens (including phenoxy) is 1. The molecule has 0 radical (unpaired) electrons. The standard InChI is InChI=1S/C31H36N2O3/c1-36-28-19-17-25(18-20-28)22-30(34)33(23-26-13-7-3-8-14-26)29(21-24-11-5-2-6-12-24)31(35)32-27-15-9-4-10-16-27/h2-3,5-8,11-14,17-20,27,29H,4,9-10,15-16,21-23H2,1H3,(H,32,35)/t29-/m1/s1. The fourth-order valence-corrected chi connectivity index (χ4v) is 4.90. The summed E-state index contributed by atoms with van der Waals surface area (Å²) < 4.78 is 5.26. The number of hydrogen-bond donors (Lipinski definition) is 1. The topological polar surface area (TPSA) is 58.6 Å². The lowest BCUT2D eigenvalue weighted by atomic mass is 9.94. The monoisotopic (exact) mass is 484 g/mol. The molecule has 4 rings (SSSR count). The lowest BCUT2D eigenvalue weighted by Gasteiger charge is -2.33. The van der Waals surface area contributed by atoms with Crippen molar-refractivity contribution in [2.75, 3.05) is 7.11 Å². The van der Waals surface area contributed by atoms with E-state index >= 15 is 0 Å². The molecule has 0 spiro atoms. The van der Waals surface area contributed by atoms with Crippen LogP contribution in [0.2, 0.25) is 0 Å². The highest BCUT2D eigenvalue weighted by Crippen LogP contribution is 2.21. The van der Waals surface area contributed by atoms with Gasteiger partial charge < -0.3 is 15.0 Å². The van der Waals surface area contributed by atoms with Crippen LogP contribution in [0, 0.1) is 0 Å². The fourth-order valence-electron chi connectivity index (χ4n) is 4.90. The predicted octanol–water partition coefficient (Wildman–Crippen LogP) is 5.33. The third-order valence-corrected chi connectivity index (χ3v) is 6.93. The summed E-state index contributed by atoms with van der Waals surface area (Å²) in [4.78, 5) is 29.3. The number of carbonyl (C=O) groups is 2. The van der Waals surface area contributed by atoms with Crippen LogP contribution >= 0.6 is 0 Å². The van der Waals surface area contributed by atoms with Gasteiger partial charge in [0.15, 0.2) is 0 Å². The van der Waals surface area contributed by atoms with E-state index < -0.39 is 6.04 Å². The first-order chi connectivity index (χ1) is 17.6. The number of rotatable bonds is 10. The van der Waals surface area contributed by atoms with Crippen molar-refractivity contribution in [3.05, 3.63) is 102 Å². The number of carbonyl (C=O) groups excluding carboxylic acids is 2. The van der Waals surface area contributed by atoms with E-state index in [-0.39, 0.29) is 24.3 Å². The molecule has 1 atom stereocenters. The molecule has 0 bridgehead atoms. The second-order valence-electron chi connectivity index (χ2n) is 9.58. The van der Waals surface area contributed by atoms with E-state index in [1.807, 2.05) is 84.9 Å². The minimum absolute atomic E-state index is 0.0650. The first kappa shape index (κ1) is 25.5. The van der Waals surface area contributed by atoms with Gasteiger partial charge in [-0.2, -0.15) is 0 Å². The van der Waals surface area contributed by atoms with Gasteiger partial charge in [0.05, 0.1) is 13.5 Å². The molecule has 0 unspecified atom stereocenters. The van der Waals surface area contributed by atoms with Crippen molar-refractivity contribution in [2.24, 2.45) is 0 Å². The van der Waals surface area contributed by atoms with Gasteiger partial charge in [-0.05, 0) is 41.7 Å². The van der Waals surface area contributed by atoms with Crippen molar-refractivity contribution in [3.63, 3.8) is 0 Å². The zero-order valence-electron chi connectivity index (χ0n) is 21.1. The van der Waals surface area contributed by atoms with Crippen molar-refractivity contribution < 1.29 is 14.3 Å². The van der Waals surface area contributed by atoms with Crippen molar-refractivity contribution >= 4 is 11.8 Å². The van der Waals surface area contributed by atoms with Crippen LogP contribution in [0.15, 0.2) is 84.9 Å². The number of nitrogens with one attached hydrogen (secondary N) is 1. The minimum atomic E-state index is -0.597. The molecule has 1 aliphatic carbocycles. The Morgan fingerprint density at radius 2 is 1.44 bits per heavy atom. The number of methoxy groups -OCH3 is 1. The van der Waals surface area contributed by atoms with Gasteiger partial charge in [-0.15, -0.1) is 0 Å². The first-order valence-corrected chi connectivity index (χ1v) is 12.9. The van der Waals surface area contributed by atoms with Gasteiger partial charge in [0.1, 0.15) is 11.8 Å². The van der Waals surface area contributed by atoms with Gasteiger partial charge in [0, 0.05) is 19.0 Å². The molecule has 0 aromatic heterocycles. The molecular formula is C31H36N2O3. The highest BCUT2D eigenvalue weighted by molar-refractivity contribution is 5.89. The van der Waals surface area contributed by atoms with Crippen molar-refractivity contribution in [3.8, 4) is 5.75 Å². The Labute approximate surface area is 214 Å². The van der Waals surface area contributed by atoms with Crippen LogP contribution in [-0.2, 0) is 29.0 Å². The molecular weight excluding hydrogens is 448 g/mol. The Hall–Kier alpha value is -3.60. The van der Waals surface area contributed by atoms with E-state index in [2.05, 4.69) is 5.32 Å². The largest absolute Gasteiger partial charge is 0.497 e. The maximum absolute atomic E-state index is 13.8. The van der Waals surface area contributed by atoms with Crippen LogP contribution in [0.5, 0.6) is 5.75 Å². The summed E-state index contributed by atoms with van der Waals surface area (Å²) in [7, 11) is 1.63. The van der Waals surface area contributed by atoms with Gasteiger partial charge in [-0.1, -0.05) is 92.1 Å². The van der Waals surface area contributed by atoms with Crippen molar-refractivity contribution in [2.45, 2.75) is 63.6 Å². The highest BCUT2D eigenvalue weighted by atomic mass is 16.5. The molecule has 1 aliphatic rings. The molecule has 2 amide bonds. The average Bonchev–Trinajstić information content (AvgIpc) is 2.92. The van der Waals surface area contributed by atoms with Crippen LogP contribution in [0.4, 0.5) is 0 Å². The zero-order valence-corrected chi connectivity index (χ0v) is 21.1. The lowest BCUT2D eigenvalue weighted by molar-refractivity contribution is -0.141.